The van der Waals surface area contributed by atoms with Crippen molar-refractivity contribution in [1.82, 2.24) is 0 Å². The van der Waals surface area contributed by atoms with Crippen LogP contribution in [0.2, 0.25) is 0 Å². The number of fused-ring (bicyclic) bond motifs is 3. The zero-order valence-electron chi connectivity index (χ0n) is 17.3. The van der Waals surface area contributed by atoms with E-state index < -0.39 is 0 Å². The van der Waals surface area contributed by atoms with Gasteiger partial charge in [-0.1, -0.05) is 36.4 Å². The van der Waals surface area contributed by atoms with Gasteiger partial charge in [0.1, 0.15) is 0 Å². The van der Waals surface area contributed by atoms with Crippen LogP contribution in [0.5, 0.6) is 23.0 Å². The fraction of sp³-hybridized carbons (Fsp3) is 0.111. The number of phenolic OH excluding ortho intramolecular Hbond substituents is 4. The lowest BCUT2D eigenvalue weighted by atomic mass is 9.86. The maximum atomic E-state index is 10.3. The molecule has 0 spiro atoms. The molecule has 31 heavy (non-hydrogen) atoms. The second kappa shape index (κ2) is 6.81. The zero-order chi connectivity index (χ0) is 21.9. The van der Waals surface area contributed by atoms with Crippen LogP contribution in [0.1, 0.15) is 22.3 Å². The van der Waals surface area contributed by atoms with E-state index in [1.165, 1.54) is 11.1 Å². The first-order valence-corrected chi connectivity index (χ1v) is 10.1. The standard InChI is InChI=1S/C27H22O4/c1-14-9-17(12-23(28)26(14)30)20-7-8-21-19-6-4-3-5-16(19)11-22(21)25(20)18-10-15(2)27(31)24(29)13-18/h3-10,12-13,28-31H,11H2,1-2H3. The van der Waals surface area contributed by atoms with E-state index >= 15 is 0 Å². The van der Waals surface area contributed by atoms with Crippen molar-refractivity contribution in [3.05, 3.63) is 82.9 Å². The molecule has 4 heteroatoms. The lowest BCUT2D eigenvalue weighted by molar-refractivity contribution is 0.401. The van der Waals surface area contributed by atoms with Crippen molar-refractivity contribution in [1.29, 1.82) is 0 Å². The summed E-state index contributed by atoms with van der Waals surface area (Å²) in [6.45, 7) is 3.50. The maximum Gasteiger partial charge on any atom is 0.160 e. The molecule has 0 aromatic heterocycles. The average Bonchev–Trinajstić information content (AvgIpc) is 3.13. The summed E-state index contributed by atoms with van der Waals surface area (Å²) in [6, 6.07) is 19.2. The molecule has 4 nitrogen and oxygen atoms in total. The predicted octanol–water partition coefficient (Wildman–Crippen LogP) is 6.03. The van der Waals surface area contributed by atoms with Crippen molar-refractivity contribution in [2.24, 2.45) is 0 Å². The lowest BCUT2D eigenvalue weighted by Gasteiger charge is -2.18. The van der Waals surface area contributed by atoms with E-state index in [4.69, 9.17) is 0 Å². The van der Waals surface area contributed by atoms with Gasteiger partial charge < -0.3 is 20.4 Å². The van der Waals surface area contributed by atoms with E-state index in [1.807, 2.05) is 30.3 Å². The number of hydrogen-bond acceptors (Lipinski definition) is 4. The van der Waals surface area contributed by atoms with Gasteiger partial charge in [-0.25, -0.2) is 0 Å². The van der Waals surface area contributed by atoms with Crippen molar-refractivity contribution in [3.8, 4) is 56.4 Å². The maximum absolute atomic E-state index is 10.3. The van der Waals surface area contributed by atoms with Gasteiger partial charge in [0, 0.05) is 0 Å². The molecular formula is C27H22O4. The molecule has 154 valence electrons. The van der Waals surface area contributed by atoms with E-state index in [-0.39, 0.29) is 23.0 Å². The first-order valence-electron chi connectivity index (χ1n) is 10.1. The highest BCUT2D eigenvalue weighted by molar-refractivity contribution is 5.94. The summed E-state index contributed by atoms with van der Waals surface area (Å²) in [4.78, 5) is 0. The van der Waals surface area contributed by atoms with Gasteiger partial charge in [0.2, 0.25) is 0 Å². The summed E-state index contributed by atoms with van der Waals surface area (Å²) >= 11 is 0. The summed E-state index contributed by atoms with van der Waals surface area (Å²) in [5.74, 6) is -0.593. The van der Waals surface area contributed by atoms with Crippen molar-refractivity contribution < 1.29 is 20.4 Å². The molecular weight excluding hydrogens is 388 g/mol. The number of rotatable bonds is 2. The summed E-state index contributed by atoms with van der Waals surface area (Å²) in [5, 5.41) is 40.7. The van der Waals surface area contributed by atoms with Gasteiger partial charge >= 0.3 is 0 Å². The molecule has 4 N–H and O–H groups in total. The topological polar surface area (TPSA) is 80.9 Å². The highest BCUT2D eigenvalue weighted by atomic mass is 16.3. The van der Waals surface area contributed by atoms with Crippen LogP contribution >= 0.6 is 0 Å². The van der Waals surface area contributed by atoms with Crippen molar-refractivity contribution in [2.75, 3.05) is 0 Å². The lowest BCUT2D eigenvalue weighted by Crippen LogP contribution is -1.94. The Morgan fingerprint density at radius 3 is 1.87 bits per heavy atom. The van der Waals surface area contributed by atoms with Gasteiger partial charge in [-0.2, -0.15) is 0 Å². The predicted molar refractivity (Wildman–Crippen MR) is 122 cm³/mol. The SMILES string of the molecule is Cc1cc(-c2ccc3c(c2-c2cc(C)c(O)c(O)c2)Cc2ccccc2-3)cc(O)c1O. The minimum Gasteiger partial charge on any atom is -0.504 e. The normalized spacial score (nSPS) is 11.9. The smallest absolute Gasteiger partial charge is 0.160 e. The molecule has 0 saturated heterocycles. The number of phenols is 4. The third-order valence-corrected chi connectivity index (χ3v) is 6.15. The molecule has 0 heterocycles. The molecule has 0 atom stereocenters. The molecule has 0 saturated carbocycles. The average molecular weight is 410 g/mol. The first-order chi connectivity index (χ1) is 14.8. The molecule has 1 aliphatic rings. The minimum absolute atomic E-state index is 0.126. The molecule has 0 radical (unpaired) electrons. The van der Waals surface area contributed by atoms with Crippen molar-refractivity contribution in [2.45, 2.75) is 20.3 Å². The third-order valence-electron chi connectivity index (χ3n) is 6.15. The molecule has 4 aromatic carbocycles. The van der Waals surface area contributed by atoms with Gasteiger partial charge in [0.15, 0.2) is 23.0 Å². The highest BCUT2D eigenvalue weighted by Gasteiger charge is 2.25. The Labute approximate surface area is 180 Å². The van der Waals surface area contributed by atoms with E-state index in [9.17, 15) is 20.4 Å². The van der Waals surface area contributed by atoms with Crippen LogP contribution < -0.4 is 0 Å². The summed E-state index contributed by atoms with van der Waals surface area (Å²) in [7, 11) is 0. The monoisotopic (exact) mass is 410 g/mol. The molecule has 0 aliphatic heterocycles. The first kappa shape index (κ1) is 19.1. The Bertz CT molecular complexity index is 1320. The van der Waals surface area contributed by atoms with E-state index in [0.29, 0.717) is 11.1 Å². The van der Waals surface area contributed by atoms with Gasteiger partial charge in [-0.05, 0) is 100 Å². The van der Waals surface area contributed by atoms with Crippen LogP contribution in [-0.4, -0.2) is 20.4 Å². The molecule has 1 aliphatic carbocycles. The number of hydrogen-bond donors (Lipinski definition) is 4. The summed E-state index contributed by atoms with van der Waals surface area (Å²) in [5.41, 5.74) is 9.24. The van der Waals surface area contributed by atoms with Gasteiger partial charge in [0.05, 0.1) is 0 Å². The second-order valence-corrected chi connectivity index (χ2v) is 8.17. The minimum atomic E-state index is -0.172. The van der Waals surface area contributed by atoms with Crippen LogP contribution in [0, 0.1) is 13.8 Å². The van der Waals surface area contributed by atoms with Gasteiger partial charge in [0.25, 0.3) is 0 Å². The summed E-state index contributed by atoms with van der Waals surface area (Å²) in [6.07, 6.45) is 0.748. The molecule has 4 aromatic rings. The molecule has 0 amide bonds. The van der Waals surface area contributed by atoms with Crippen LogP contribution in [0.25, 0.3) is 33.4 Å². The van der Waals surface area contributed by atoms with Crippen molar-refractivity contribution in [3.63, 3.8) is 0 Å². The van der Waals surface area contributed by atoms with Crippen LogP contribution in [0.15, 0.2) is 60.7 Å². The Morgan fingerprint density at radius 2 is 1.19 bits per heavy atom. The zero-order valence-corrected chi connectivity index (χ0v) is 17.3. The summed E-state index contributed by atoms with van der Waals surface area (Å²) < 4.78 is 0. The van der Waals surface area contributed by atoms with E-state index in [0.717, 1.165) is 39.8 Å². The van der Waals surface area contributed by atoms with E-state index in [2.05, 4.69) is 18.2 Å². The number of aromatic hydroxyl groups is 4. The van der Waals surface area contributed by atoms with Crippen LogP contribution in [-0.2, 0) is 6.42 Å². The number of aryl methyl sites for hydroxylation is 2. The second-order valence-electron chi connectivity index (χ2n) is 8.17. The quantitative estimate of drug-likeness (QED) is 0.268. The Balaban J connectivity index is 1.84. The molecule has 0 fully saturated rings. The number of benzene rings is 4. The van der Waals surface area contributed by atoms with E-state index in [1.54, 1.807) is 26.0 Å². The van der Waals surface area contributed by atoms with Crippen molar-refractivity contribution >= 4 is 0 Å². The Hall–Kier alpha value is -3.92. The van der Waals surface area contributed by atoms with Gasteiger partial charge in [-0.15, -0.1) is 0 Å². The fourth-order valence-corrected chi connectivity index (χ4v) is 4.60. The highest BCUT2D eigenvalue weighted by Crippen LogP contribution is 2.48. The third kappa shape index (κ3) is 2.91. The molecule has 0 bridgehead atoms. The Kier molecular flexibility index (Phi) is 4.19. The van der Waals surface area contributed by atoms with Crippen LogP contribution in [0.3, 0.4) is 0 Å². The fourth-order valence-electron chi connectivity index (χ4n) is 4.60. The van der Waals surface area contributed by atoms with Crippen LogP contribution in [0.4, 0.5) is 0 Å². The molecule has 0 unspecified atom stereocenters. The largest absolute Gasteiger partial charge is 0.504 e. The molecule has 5 rings (SSSR count). The van der Waals surface area contributed by atoms with Gasteiger partial charge in [-0.3, -0.25) is 0 Å². The Morgan fingerprint density at radius 1 is 0.613 bits per heavy atom.